The molecule has 8 heteroatoms. The molecule has 1 aliphatic rings. The summed E-state index contributed by atoms with van der Waals surface area (Å²) in [5.74, 6) is 1.13. The van der Waals surface area contributed by atoms with Crippen molar-refractivity contribution in [2.75, 3.05) is 13.1 Å². The second-order valence-corrected chi connectivity index (χ2v) is 6.89. The van der Waals surface area contributed by atoms with Crippen LogP contribution in [-0.4, -0.2) is 44.0 Å². The predicted octanol–water partition coefficient (Wildman–Crippen LogP) is 2.16. The third-order valence-corrected chi connectivity index (χ3v) is 4.94. The number of amides is 1. The predicted molar refractivity (Wildman–Crippen MR) is 101 cm³/mol. The van der Waals surface area contributed by atoms with Crippen LogP contribution in [0.5, 0.6) is 0 Å². The lowest BCUT2D eigenvalue weighted by Gasteiger charge is -2.32. The smallest absolute Gasteiger partial charge is 0.250 e. The maximum absolute atomic E-state index is 12.6. The van der Waals surface area contributed by atoms with Gasteiger partial charge < -0.3 is 14.4 Å². The van der Waals surface area contributed by atoms with Crippen molar-refractivity contribution >= 4 is 5.91 Å². The summed E-state index contributed by atoms with van der Waals surface area (Å²) in [4.78, 5) is 37.1. The largest absolute Gasteiger partial charge is 0.342 e. The van der Waals surface area contributed by atoms with Gasteiger partial charge in [0.1, 0.15) is 0 Å². The molecular weight excluding hydrogens is 358 g/mol. The van der Waals surface area contributed by atoms with E-state index in [1.165, 1.54) is 12.4 Å². The van der Waals surface area contributed by atoms with E-state index >= 15 is 0 Å². The first-order valence-corrected chi connectivity index (χ1v) is 9.39. The minimum absolute atomic E-state index is 0.0500. The number of H-pyrrole nitrogens is 1. The van der Waals surface area contributed by atoms with E-state index < -0.39 is 0 Å². The molecule has 4 rings (SSSR count). The third kappa shape index (κ3) is 4.16. The molecule has 1 fully saturated rings. The average molecular weight is 379 g/mol. The topological polar surface area (TPSA) is 105 Å². The van der Waals surface area contributed by atoms with Crippen molar-refractivity contribution in [1.82, 2.24) is 25.0 Å². The standard InChI is InChI=1S/C20H21N5O3/c26-17-11-16(21-13-22-17)15-7-4-10-25(12-15)19(27)9-8-18-23-20(24-28-18)14-5-2-1-3-6-14/h1-3,5-6,11,13,15H,4,7-10,12H2,(H,21,22,26). The van der Waals surface area contributed by atoms with Gasteiger partial charge in [0.25, 0.3) is 5.56 Å². The van der Waals surface area contributed by atoms with Crippen molar-refractivity contribution < 1.29 is 9.32 Å². The molecule has 3 aromatic rings. The van der Waals surface area contributed by atoms with E-state index in [-0.39, 0.29) is 17.4 Å². The highest BCUT2D eigenvalue weighted by atomic mass is 16.5. The lowest BCUT2D eigenvalue weighted by molar-refractivity contribution is -0.132. The molecule has 1 aromatic carbocycles. The van der Waals surface area contributed by atoms with E-state index in [2.05, 4.69) is 20.1 Å². The van der Waals surface area contributed by atoms with Crippen LogP contribution in [0, 0.1) is 0 Å². The van der Waals surface area contributed by atoms with Crippen molar-refractivity contribution in [1.29, 1.82) is 0 Å². The Bertz CT molecular complexity index is 998. The molecule has 8 nitrogen and oxygen atoms in total. The quantitative estimate of drug-likeness (QED) is 0.728. The molecule has 144 valence electrons. The van der Waals surface area contributed by atoms with Gasteiger partial charge in [-0.3, -0.25) is 9.59 Å². The summed E-state index contributed by atoms with van der Waals surface area (Å²) in [6.45, 7) is 1.30. The van der Waals surface area contributed by atoms with Crippen molar-refractivity contribution in [3.05, 3.63) is 64.7 Å². The van der Waals surface area contributed by atoms with Crippen LogP contribution in [0.1, 0.15) is 36.8 Å². The van der Waals surface area contributed by atoms with E-state index in [0.29, 0.717) is 31.1 Å². The number of hydrogen-bond acceptors (Lipinski definition) is 6. The minimum atomic E-state index is -0.168. The number of aryl methyl sites for hydroxylation is 1. The summed E-state index contributed by atoms with van der Waals surface area (Å²) in [6, 6.07) is 11.1. The molecule has 1 aliphatic heterocycles. The fourth-order valence-corrected chi connectivity index (χ4v) is 3.48. The summed E-state index contributed by atoms with van der Waals surface area (Å²) in [5, 5.41) is 3.99. The first-order valence-electron chi connectivity index (χ1n) is 9.39. The highest BCUT2D eigenvalue weighted by Crippen LogP contribution is 2.25. The van der Waals surface area contributed by atoms with Crippen molar-refractivity contribution in [2.24, 2.45) is 0 Å². The third-order valence-electron chi connectivity index (χ3n) is 4.94. The van der Waals surface area contributed by atoms with E-state index in [0.717, 1.165) is 30.6 Å². The molecule has 2 aromatic heterocycles. The Hall–Kier alpha value is -3.29. The van der Waals surface area contributed by atoms with Crippen LogP contribution >= 0.6 is 0 Å². The maximum atomic E-state index is 12.6. The van der Waals surface area contributed by atoms with Crippen LogP contribution in [0.15, 0.2) is 52.0 Å². The number of benzene rings is 1. The molecule has 1 amide bonds. The number of rotatable bonds is 5. The molecule has 0 radical (unpaired) electrons. The molecule has 0 spiro atoms. The van der Waals surface area contributed by atoms with E-state index in [9.17, 15) is 9.59 Å². The highest BCUT2D eigenvalue weighted by molar-refractivity contribution is 5.76. The van der Waals surface area contributed by atoms with Crippen LogP contribution in [0.2, 0.25) is 0 Å². The van der Waals surface area contributed by atoms with E-state index in [1.54, 1.807) is 0 Å². The Morgan fingerprint density at radius 2 is 2.14 bits per heavy atom. The number of piperidine rings is 1. The number of nitrogens with one attached hydrogen (secondary N) is 1. The zero-order chi connectivity index (χ0) is 19.3. The van der Waals surface area contributed by atoms with Gasteiger partial charge in [0.2, 0.25) is 17.6 Å². The molecule has 1 N–H and O–H groups in total. The van der Waals surface area contributed by atoms with Gasteiger partial charge in [0.15, 0.2) is 0 Å². The van der Waals surface area contributed by atoms with Crippen molar-refractivity contribution in [3.63, 3.8) is 0 Å². The Balaban J connectivity index is 1.35. The first kappa shape index (κ1) is 18.1. The summed E-state index contributed by atoms with van der Waals surface area (Å²) >= 11 is 0. The second-order valence-electron chi connectivity index (χ2n) is 6.89. The molecule has 1 atom stereocenters. The number of likely N-dealkylation sites (tertiary alicyclic amines) is 1. The number of carbonyl (C=O) groups is 1. The number of carbonyl (C=O) groups excluding carboxylic acids is 1. The van der Waals surface area contributed by atoms with Crippen LogP contribution < -0.4 is 5.56 Å². The summed E-state index contributed by atoms with van der Waals surface area (Å²) < 4.78 is 5.28. The Kier molecular flexibility index (Phi) is 5.27. The molecule has 28 heavy (non-hydrogen) atoms. The van der Waals surface area contributed by atoms with Crippen molar-refractivity contribution in [2.45, 2.75) is 31.6 Å². The molecule has 0 bridgehead atoms. The van der Waals surface area contributed by atoms with Gasteiger partial charge in [-0.05, 0) is 12.8 Å². The number of nitrogens with zero attached hydrogens (tertiary/aromatic N) is 4. The summed E-state index contributed by atoms with van der Waals surface area (Å²) in [7, 11) is 0. The van der Waals surface area contributed by atoms with Gasteiger partial charge in [-0.15, -0.1) is 0 Å². The lowest BCUT2D eigenvalue weighted by Crippen LogP contribution is -2.39. The molecule has 0 saturated carbocycles. The zero-order valence-electron chi connectivity index (χ0n) is 15.4. The maximum Gasteiger partial charge on any atom is 0.250 e. The summed E-state index contributed by atoms with van der Waals surface area (Å²) in [5.41, 5.74) is 1.46. The van der Waals surface area contributed by atoms with Gasteiger partial charge in [-0.2, -0.15) is 4.98 Å². The second kappa shape index (κ2) is 8.16. The van der Waals surface area contributed by atoms with Crippen LogP contribution in [0.3, 0.4) is 0 Å². The fraction of sp³-hybridized carbons (Fsp3) is 0.350. The highest BCUT2D eigenvalue weighted by Gasteiger charge is 2.26. The van der Waals surface area contributed by atoms with Crippen LogP contribution in [-0.2, 0) is 11.2 Å². The fourth-order valence-electron chi connectivity index (χ4n) is 3.48. The van der Waals surface area contributed by atoms with Gasteiger partial charge in [0.05, 0.1) is 12.0 Å². The van der Waals surface area contributed by atoms with Gasteiger partial charge >= 0.3 is 0 Å². The minimum Gasteiger partial charge on any atom is -0.342 e. The lowest BCUT2D eigenvalue weighted by atomic mass is 9.94. The molecule has 1 unspecified atom stereocenters. The summed E-state index contributed by atoms with van der Waals surface area (Å²) in [6.07, 6.45) is 3.95. The average Bonchev–Trinajstić information content (AvgIpc) is 3.22. The van der Waals surface area contributed by atoms with Crippen molar-refractivity contribution in [3.8, 4) is 11.4 Å². The van der Waals surface area contributed by atoms with Gasteiger partial charge in [0, 0.05) is 43.5 Å². The Morgan fingerprint density at radius 1 is 1.29 bits per heavy atom. The number of aromatic amines is 1. The monoisotopic (exact) mass is 379 g/mol. The van der Waals surface area contributed by atoms with E-state index in [1.807, 2.05) is 35.2 Å². The van der Waals surface area contributed by atoms with Crippen LogP contribution in [0.25, 0.3) is 11.4 Å². The molecule has 3 heterocycles. The van der Waals surface area contributed by atoms with Gasteiger partial charge in [-0.25, -0.2) is 4.98 Å². The first-order chi connectivity index (χ1) is 13.7. The normalized spacial score (nSPS) is 16.9. The number of aromatic nitrogens is 4. The SMILES string of the molecule is O=C(CCc1nc(-c2ccccc2)no1)N1CCCC(c2cc(=O)[nH]cn2)C1. The Labute approximate surface area is 161 Å². The Morgan fingerprint density at radius 3 is 2.96 bits per heavy atom. The molecule has 0 aliphatic carbocycles. The number of hydrogen-bond donors (Lipinski definition) is 1. The molecule has 1 saturated heterocycles. The van der Waals surface area contributed by atoms with Crippen LogP contribution in [0.4, 0.5) is 0 Å². The van der Waals surface area contributed by atoms with Gasteiger partial charge in [-0.1, -0.05) is 35.5 Å². The zero-order valence-corrected chi connectivity index (χ0v) is 15.4. The van der Waals surface area contributed by atoms with E-state index in [4.69, 9.17) is 4.52 Å². The molecular formula is C20H21N5O3.